The maximum absolute atomic E-state index is 8.12. The van der Waals surface area contributed by atoms with Crippen LogP contribution in [-0.4, -0.2) is 6.15 Å². The summed E-state index contributed by atoms with van der Waals surface area (Å²) in [5.74, 6) is 0. The van der Waals surface area contributed by atoms with Gasteiger partial charge in [0.1, 0.15) is 0 Å². The molecule has 1 aliphatic rings. The van der Waals surface area contributed by atoms with Crippen molar-refractivity contribution in [3.8, 4) is 0 Å². The highest BCUT2D eigenvalue weighted by molar-refractivity contribution is 5.65. The third kappa shape index (κ3) is 3.92. The first-order chi connectivity index (χ1) is 7.38. The van der Waals surface area contributed by atoms with Gasteiger partial charge in [0.25, 0.3) is 0 Å². The summed E-state index contributed by atoms with van der Waals surface area (Å²) in [6.45, 7) is 0. The van der Waals surface area contributed by atoms with Crippen molar-refractivity contribution < 1.29 is 9.59 Å². The number of rotatable bonds is 1. The molecule has 0 aromatic heterocycles. The lowest BCUT2D eigenvalue weighted by Crippen LogP contribution is -1.90. The normalized spacial score (nSPS) is 14.3. The van der Waals surface area contributed by atoms with Crippen LogP contribution in [0.5, 0.6) is 0 Å². The SMILES string of the molecule is C1=C(c2ccccc2)CCCC1.O=C=O. The molecule has 15 heavy (non-hydrogen) atoms. The van der Waals surface area contributed by atoms with Gasteiger partial charge < -0.3 is 0 Å². The van der Waals surface area contributed by atoms with Crippen molar-refractivity contribution >= 4 is 11.7 Å². The second kappa shape index (κ2) is 6.74. The van der Waals surface area contributed by atoms with Gasteiger partial charge in [-0.15, -0.1) is 0 Å². The number of hydrogen-bond acceptors (Lipinski definition) is 2. The van der Waals surface area contributed by atoms with Gasteiger partial charge in [0.15, 0.2) is 0 Å². The van der Waals surface area contributed by atoms with Crippen molar-refractivity contribution in [1.29, 1.82) is 0 Å². The fraction of sp³-hybridized carbons (Fsp3) is 0.308. The lowest BCUT2D eigenvalue weighted by Gasteiger charge is -2.12. The van der Waals surface area contributed by atoms with Crippen LogP contribution < -0.4 is 0 Å². The van der Waals surface area contributed by atoms with Crippen molar-refractivity contribution in [2.75, 3.05) is 0 Å². The van der Waals surface area contributed by atoms with Crippen molar-refractivity contribution in [3.05, 3.63) is 42.0 Å². The minimum atomic E-state index is 0.250. The predicted molar refractivity (Wildman–Crippen MR) is 57.9 cm³/mol. The molecule has 0 amide bonds. The molecule has 0 aliphatic heterocycles. The molecule has 0 bridgehead atoms. The zero-order chi connectivity index (χ0) is 10.9. The lowest BCUT2D eigenvalue weighted by molar-refractivity contribution is -0.191. The molecule has 0 spiro atoms. The Morgan fingerprint density at radius 1 is 1.00 bits per heavy atom. The van der Waals surface area contributed by atoms with Crippen LogP contribution in [0.3, 0.4) is 0 Å². The van der Waals surface area contributed by atoms with Crippen LogP contribution in [0.25, 0.3) is 5.57 Å². The Balaban J connectivity index is 0.000000337. The molecule has 0 saturated heterocycles. The second-order valence-corrected chi connectivity index (χ2v) is 3.42. The van der Waals surface area contributed by atoms with Crippen LogP contribution >= 0.6 is 0 Å². The molecule has 1 aromatic carbocycles. The molecule has 78 valence electrons. The van der Waals surface area contributed by atoms with Crippen LogP contribution in [0.2, 0.25) is 0 Å². The lowest BCUT2D eigenvalue weighted by atomic mass is 9.94. The van der Waals surface area contributed by atoms with Gasteiger partial charge in [0, 0.05) is 0 Å². The van der Waals surface area contributed by atoms with Crippen molar-refractivity contribution in [2.24, 2.45) is 0 Å². The summed E-state index contributed by atoms with van der Waals surface area (Å²) in [4.78, 5) is 16.2. The molecular formula is C13H14O2. The average molecular weight is 202 g/mol. The van der Waals surface area contributed by atoms with Gasteiger partial charge in [-0.25, -0.2) is 0 Å². The highest BCUT2D eigenvalue weighted by Gasteiger charge is 2.04. The van der Waals surface area contributed by atoms with E-state index in [1.54, 1.807) is 5.57 Å². The maximum Gasteiger partial charge on any atom is 0.373 e. The molecule has 0 radical (unpaired) electrons. The largest absolute Gasteiger partial charge is 0.373 e. The summed E-state index contributed by atoms with van der Waals surface area (Å²) in [6, 6.07) is 10.7. The van der Waals surface area contributed by atoms with Gasteiger partial charge in [-0.3, -0.25) is 0 Å². The zero-order valence-electron chi connectivity index (χ0n) is 8.61. The Kier molecular flexibility index (Phi) is 5.13. The van der Waals surface area contributed by atoms with E-state index < -0.39 is 0 Å². The molecule has 0 fully saturated rings. The van der Waals surface area contributed by atoms with Gasteiger partial charge in [0.05, 0.1) is 0 Å². The Hall–Kier alpha value is -1.66. The van der Waals surface area contributed by atoms with Gasteiger partial charge in [-0.2, -0.15) is 9.59 Å². The highest BCUT2D eigenvalue weighted by atomic mass is 16.2. The third-order valence-electron chi connectivity index (χ3n) is 2.44. The minimum absolute atomic E-state index is 0.250. The quantitative estimate of drug-likeness (QED) is 0.701. The van der Waals surface area contributed by atoms with Crippen LogP contribution in [0.1, 0.15) is 31.2 Å². The van der Waals surface area contributed by atoms with Gasteiger partial charge in [-0.05, 0) is 36.8 Å². The first-order valence-corrected chi connectivity index (χ1v) is 5.12. The zero-order valence-corrected chi connectivity index (χ0v) is 8.61. The predicted octanol–water partition coefficient (Wildman–Crippen LogP) is 3.06. The molecule has 1 aliphatic carbocycles. The van der Waals surface area contributed by atoms with Crippen LogP contribution in [-0.2, 0) is 9.59 Å². The average Bonchev–Trinajstić information content (AvgIpc) is 2.32. The smallest absolute Gasteiger partial charge is 0.186 e. The van der Waals surface area contributed by atoms with E-state index in [-0.39, 0.29) is 6.15 Å². The van der Waals surface area contributed by atoms with Crippen molar-refractivity contribution in [2.45, 2.75) is 25.7 Å². The fourth-order valence-corrected chi connectivity index (χ4v) is 1.75. The van der Waals surface area contributed by atoms with E-state index in [9.17, 15) is 0 Å². The summed E-state index contributed by atoms with van der Waals surface area (Å²) >= 11 is 0. The number of hydrogen-bond donors (Lipinski definition) is 0. The van der Waals surface area contributed by atoms with E-state index in [1.807, 2.05) is 0 Å². The van der Waals surface area contributed by atoms with Crippen LogP contribution in [0.4, 0.5) is 0 Å². The molecule has 2 rings (SSSR count). The summed E-state index contributed by atoms with van der Waals surface area (Å²) < 4.78 is 0. The number of carbonyl (C=O) groups excluding carboxylic acids is 2. The monoisotopic (exact) mass is 202 g/mol. The van der Waals surface area contributed by atoms with E-state index in [0.29, 0.717) is 0 Å². The summed E-state index contributed by atoms with van der Waals surface area (Å²) in [5, 5.41) is 0. The number of benzene rings is 1. The Labute approximate surface area is 89.6 Å². The molecule has 0 heterocycles. The summed E-state index contributed by atoms with van der Waals surface area (Å²) in [5.41, 5.74) is 2.96. The third-order valence-corrected chi connectivity index (χ3v) is 2.44. The van der Waals surface area contributed by atoms with E-state index in [1.165, 1.54) is 31.2 Å². The molecule has 2 heteroatoms. The topological polar surface area (TPSA) is 34.1 Å². The molecule has 0 unspecified atom stereocenters. The maximum atomic E-state index is 8.12. The van der Waals surface area contributed by atoms with Crippen molar-refractivity contribution in [3.63, 3.8) is 0 Å². The van der Waals surface area contributed by atoms with E-state index in [0.717, 1.165) is 0 Å². The van der Waals surface area contributed by atoms with Gasteiger partial charge in [0.2, 0.25) is 0 Å². The van der Waals surface area contributed by atoms with Gasteiger partial charge >= 0.3 is 6.15 Å². The first kappa shape index (κ1) is 11.4. The Bertz CT molecular complexity index is 346. The first-order valence-electron chi connectivity index (χ1n) is 5.12. The van der Waals surface area contributed by atoms with E-state index in [2.05, 4.69) is 36.4 Å². The van der Waals surface area contributed by atoms with E-state index in [4.69, 9.17) is 9.59 Å². The molecule has 2 nitrogen and oxygen atoms in total. The fourth-order valence-electron chi connectivity index (χ4n) is 1.75. The Morgan fingerprint density at radius 3 is 2.20 bits per heavy atom. The molecule has 0 atom stereocenters. The summed E-state index contributed by atoms with van der Waals surface area (Å²) in [7, 11) is 0. The molecule has 1 aromatic rings. The van der Waals surface area contributed by atoms with Crippen LogP contribution in [0.15, 0.2) is 36.4 Å². The number of allylic oxidation sites excluding steroid dienone is 2. The second-order valence-electron chi connectivity index (χ2n) is 3.42. The molecule has 0 N–H and O–H groups in total. The molecule has 0 saturated carbocycles. The minimum Gasteiger partial charge on any atom is -0.186 e. The summed E-state index contributed by atoms with van der Waals surface area (Å²) in [6.07, 6.45) is 7.91. The highest BCUT2D eigenvalue weighted by Crippen LogP contribution is 2.25. The van der Waals surface area contributed by atoms with Gasteiger partial charge in [-0.1, -0.05) is 36.4 Å². The van der Waals surface area contributed by atoms with Crippen molar-refractivity contribution in [1.82, 2.24) is 0 Å². The molecular weight excluding hydrogens is 188 g/mol. The standard InChI is InChI=1S/C12H14.CO2/c1-3-7-11(8-4-1)12-9-5-2-6-10-12;2-1-3/h1,3-4,7-9H,2,5-6,10H2;. The Morgan fingerprint density at radius 2 is 1.67 bits per heavy atom. The van der Waals surface area contributed by atoms with E-state index >= 15 is 0 Å². The van der Waals surface area contributed by atoms with Crippen LogP contribution in [0, 0.1) is 0 Å².